The fourth-order valence-corrected chi connectivity index (χ4v) is 3.58. The summed E-state index contributed by atoms with van der Waals surface area (Å²) >= 11 is 0. The molecule has 2 aliphatic carbocycles. The van der Waals surface area contributed by atoms with E-state index in [1.807, 2.05) is 0 Å². The van der Waals surface area contributed by atoms with Crippen LogP contribution in [0.3, 0.4) is 0 Å². The number of hydrazine groups is 1. The zero-order chi connectivity index (χ0) is 14.2. The van der Waals surface area contributed by atoms with E-state index >= 15 is 0 Å². The summed E-state index contributed by atoms with van der Waals surface area (Å²) < 4.78 is 5.91. The number of hydrogen-bond acceptors (Lipinski definition) is 3. The molecule has 0 spiro atoms. The van der Waals surface area contributed by atoms with Gasteiger partial charge in [-0.3, -0.25) is 11.3 Å². The molecule has 2 saturated carbocycles. The van der Waals surface area contributed by atoms with Crippen molar-refractivity contribution in [1.29, 1.82) is 0 Å². The highest BCUT2D eigenvalue weighted by molar-refractivity contribution is 5.32. The molecule has 1 aromatic carbocycles. The lowest BCUT2D eigenvalue weighted by molar-refractivity contribution is 0.198. The highest BCUT2D eigenvalue weighted by Gasteiger charge is 2.39. The fraction of sp³-hybridized carbons (Fsp3) is 0.647. The van der Waals surface area contributed by atoms with Gasteiger partial charge in [-0.25, -0.2) is 0 Å². The van der Waals surface area contributed by atoms with Crippen LogP contribution in [0.2, 0.25) is 0 Å². The summed E-state index contributed by atoms with van der Waals surface area (Å²) in [6.45, 7) is 4.72. The molecule has 0 amide bonds. The SMILES string of the molecule is CC1(C)CCCC1C(NN)c1cccc(OC2CC2)c1. The minimum Gasteiger partial charge on any atom is -0.490 e. The van der Waals surface area contributed by atoms with E-state index in [0.717, 1.165) is 5.75 Å². The van der Waals surface area contributed by atoms with Gasteiger partial charge in [0.15, 0.2) is 0 Å². The normalized spacial score (nSPS) is 26.4. The molecule has 20 heavy (non-hydrogen) atoms. The molecular formula is C17H26N2O. The van der Waals surface area contributed by atoms with Gasteiger partial charge in [0, 0.05) is 6.04 Å². The molecule has 0 saturated heterocycles. The third-order valence-electron chi connectivity index (χ3n) is 4.97. The van der Waals surface area contributed by atoms with Crippen LogP contribution in [-0.2, 0) is 0 Å². The first kappa shape index (κ1) is 13.9. The van der Waals surface area contributed by atoms with E-state index in [4.69, 9.17) is 10.6 Å². The molecule has 0 heterocycles. The second-order valence-electron chi connectivity index (χ2n) is 7.02. The molecule has 2 atom stereocenters. The monoisotopic (exact) mass is 274 g/mol. The molecule has 1 aromatic rings. The number of nitrogens with one attached hydrogen (secondary N) is 1. The van der Waals surface area contributed by atoms with Gasteiger partial charge < -0.3 is 4.74 Å². The lowest BCUT2D eigenvalue weighted by Crippen LogP contribution is -2.37. The lowest BCUT2D eigenvalue weighted by Gasteiger charge is -2.34. The summed E-state index contributed by atoms with van der Waals surface area (Å²) in [5.74, 6) is 7.45. The predicted molar refractivity (Wildman–Crippen MR) is 81.3 cm³/mol. The van der Waals surface area contributed by atoms with Crippen molar-refractivity contribution in [3.05, 3.63) is 29.8 Å². The number of ether oxygens (including phenoxy) is 1. The number of rotatable bonds is 5. The lowest BCUT2D eigenvalue weighted by atomic mass is 9.75. The van der Waals surface area contributed by atoms with Crippen LogP contribution >= 0.6 is 0 Å². The molecule has 3 nitrogen and oxygen atoms in total. The van der Waals surface area contributed by atoms with E-state index in [1.54, 1.807) is 0 Å². The van der Waals surface area contributed by atoms with Crippen molar-refractivity contribution in [2.45, 2.75) is 58.1 Å². The van der Waals surface area contributed by atoms with Crippen LogP contribution in [0.4, 0.5) is 0 Å². The Morgan fingerprint density at radius 3 is 2.70 bits per heavy atom. The molecule has 2 aliphatic rings. The Morgan fingerprint density at radius 1 is 1.30 bits per heavy atom. The highest BCUT2D eigenvalue weighted by atomic mass is 16.5. The van der Waals surface area contributed by atoms with Crippen LogP contribution < -0.4 is 16.0 Å². The van der Waals surface area contributed by atoms with Crippen molar-refractivity contribution in [2.24, 2.45) is 17.2 Å². The van der Waals surface area contributed by atoms with E-state index < -0.39 is 0 Å². The Hall–Kier alpha value is -1.06. The van der Waals surface area contributed by atoms with Crippen molar-refractivity contribution < 1.29 is 4.74 Å². The van der Waals surface area contributed by atoms with Crippen molar-refractivity contribution in [3.8, 4) is 5.75 Å². The van der Waals surface area contributed by atoms with E-state index in [0.29, 0.717) is 17.4 Å². The van der Waals surface area contributed by atoms with Crippen LogP contribution in [0.5, 0.6) is 5.75 Å². The smallest absolute Gasteiger partial charge is 0.120 e. The van der Waals surface area contributed by atoms with Gasteiger partial charge in [-0.2, -0.15) is 0 Å². The number of nitrogens with two attached hydrogens (primary N) is 1. The Balaban J connectivity index is 1.81. The maximum Gasteiger partial charge on any atom is 0.120 e. The molecule has 2 fully saturated rings. The summed E-state index contributed by atoms with van der Waals surface area (Å²) in [7, 11) is 0. The molecule has 110 valence electrons. The Bertz CT molecular complexity index is 468. The van der Waals surface area contributed by atoms with E-state index in [-0.39, 0.29) is 6.04 Å². The molecular weight excluding hydrogens is 248 g/mol. The van der Waals surface area contributed by atoms with E-state index in [9.17, 15) is 0 Å². The molecule has 2 unspecified atom stereocenters. The van der Waals surface area contributed by atoms with Crippen LogP contribution in [0.1, 0.15) is 57.6 Å². The average Bonchev–Trinajstić information content (AvgIpc) is 3.15. The summed E-state index contributed by atoms with van der Waals surface area (Å²) in [5.41, 5.74) is 4.66. The highest BCUT2D eigenvalue weighted by Crippen LogP contribution is 2.48. The van der Waals surface area contributed by atoms with Crippen molar-refractivity contribution in [3.63, 3.8) is 0 Å². The van der Waals surface area contributed by atoms with Gasteiger partial charge >= 0.3 is 0 Å². The zero-order valence-corrected chi connectivity index (χ0v) is 12.6. The van der Waals surface area contributed by atoms with Crippen LogP contribution in [0.15, 0.2) is 24.3 Å². The van der Waals surface area contributed by atoms with Gasteiger partial charge in [0.25, 0.3) is 0 Å². The second-order valence-corrected chi connectivity index (χ2v) is 7.02. The number of benzene rings is 1. The van der Waals surface area contributed by atoms with Gasteiger partial charge in [0.1, 0.15) is 5.75 Å². The Morgan fingerprint density at radius 2 is 2.10 bits per heavy atom. The second kappa shape index (κ2) is 5.38. The van der Waals surface area contributed by atoms with Gasteiger partial charge in [-0.15, -0.1) is 0 Å². The Kier molecular flexibility index (Phi) is 3.74. The van der Waals surface area contributed by atoms with Crippen molar-refractivity contribution in [2.75, 3.05) is 0 Å². The molecule has 3 N–H and O–H groups in total. The van der Waals surface area contributed by atoms with Crippen molar-refractivity contribution >= 4 is 0 Å². The van der Waals surface area contributed by atoms with E-state index in [1.165, 1.54) is 37.7 Å². The summed E-state index contributed by atoms with van der Waals surface area (Å²) in [6, 6.07) is 8.68. The fourth-order valence-electron chi connectivity index (χ4n) is 3.58. The van der Waals surface area contributed by atoms with Crippen molar-refractivity contribution in [1.82, 2.24) is 5.43 Å². The first-order valence-corrected chi connectivity index (χ1v) is 7.83. The summed E-state index contributed by atoms with van der Waals surface area (Å²) in [4.78, 5) is 0. The Labute approximate surface area is 121 Å². The third kappa shape index (κ3) is 2.84. The molecule has 3 heteroatoms. The van der Waals surface area contributed by atoms with E-state index in [2.05, 4.69) is 43.5 Å². The quantitative estimate of drug-likeness (QED) is 0.637. The first-order chi connectivity index (χ1) is 9.60. The maximum absolute atomic E-state index is 5.91. The maximum atomic E-state index is 5.91. The molecule has 0 radical (unpaired) electrons. The van der Waals surface area contributed by atoms with Gasteiger partial charge in [-0.05, 0) is 54.7 Å². The number of hydrogen-bond donors (Lipinski definition) is 2. The zero-order valence-electron chi connectivity index (χ0n) is 12.6. The molecule has 0 aliphatic heterocycles. The van der Waals surface area contributed by atoms with Gasteiger partial charge in [0.05, 0.1) is 6.10 Å². The standard InChI is InChI=1S/C17H26N2O/c1-17(2)10-4-7-15(17)16(19-18)12-5-3-6-14(11-12)20-13-8-9-13/h3,5-6,11,13,15-16,19H,4,7-10,18H2,1-2H3. The largest absolute Gasteiger partial charge is 0.490 e. The molecule has 0 bridgehead atoms. The summed E-state index contributed by atoms with van der Waals surface area (Å²) in [5, 5.41) is 0. The first-order valence-electron chi connectivity index (χ1n) is 7.83. The van der Waals surface area contributed by atoms with Crippen LogP contribution in [0, 0.1) is 11.3 Å². The minimum absolute atomic E-state index is 0.218. The minimum atomic E-state index is 0.218. The molecule has 0 aromatic heterocycles. The van der Waals surface area contributed by atoms with Gasteiger partial charge in [0.2, 0.25) is 0 Å². The third-order valence-corrected chi connectivity index (χ3v) is 4.97. The predicted octanol–water partition coefficient (Wildman–Crippen LogP) is 3.56. The van der Waals surface area contributed by atoms with Crippen LogP contribution in [-0.4, -0.2) is 6.10 Å². The van der Waals surface area contributed by atoms with Crippen LogP contribution in [0.25, 0.3) is 0 Å². The topological polar surface area (TPSA) is 47.3 Å². The average molecular weight is 274 g/mol. The van der Waals surface area contributed by atoms with Gasteiger partial charge in [-0.1, -0.05) is 32.4 Å². The molecule has 3 rings (SSSR count). The summed E-state index contributed by atoms with van der Waals surface area (Å²) in [6.07, 6.45) is 6.66.